The third kappa shape index (κ3) is 2.43. The van der Waals surface area contributed by atoms with Gasteiger partial charge in [0, 0.05) is 32.0 Å². The van der Waals surface area contributed by atoms with Crippen LogP contribution in [0.25, 0.3) is 0 Å². The smallest absolute Gasteiger partial charge is 0.186 e. The number of halogens is 1. The lowest BCUT2D eigenvalue weighted by molar-refractivity contribution is 0.0370. The fourth-order valence-corrected chi connectivity index (χ4v) is 4.83. The molecule has 1 fully saturated rings. The lowest BCUT2D eigenvalue weighted by Gasteiger charge is -2.44. The first kappa shape index (κ1) is 15.2. The third-order valence-corrected chi connectivity index (χ3v) is 6.21. The lowest BCUT2D eigenvalue weighted by Crippen LogP contribution is -2.53. The van der Waals surface area contributed by atoms with Crippen LogP contribution >= 0.6 is 0 Å². The van der Waals surface area contributed by atoms with Crippen molar-refractivity contribution in [1.29, 1.82) is 0 Å². The normalized spacial score (nSPS) is 24.7. The maximum absolute atomic E-state index is 15.8. The van der Waals surface area contributed by atoms with Crippen LogP contribution < -0.4 is 10.2 Å². The Kier molecular flexibility index (Phi) is 3.49. The summed E-state index contributed by atoms with van der Waals surface area (Å²) in [6, 6.07) is 17.3. The van der Waals surface area contributed by atoms with Crippen molar-refractivity contribution < 1.29 is 4.39 Å². The summed E-state index contributed by atoms with van der Waals surface area (Å²) in [5.74, 6) is -1.24. The second-order valence-corrected chi connectivity index (χ2v) is 7.49. The van der Waals surface area contributed by atoms with Gasteiger partial charge in [0.25, 0.3) is 0 Å². The second kappa shape index (κ2) is 5.73. The van der Waals surface area contributed by atoms with Crippen molar-refractivity contribution in [3.63, 3.8) is 0 Å². The first-order valence-corrected chi connectivity index (χ1v) is 9.36. The molecule has 2 aromatic rings. The Labute approximate surface area is 148 Å². The Balaban J connectivity index is 1.32. The van der Waals surface area contributed by atoms with Gasteiger partial charge in [-0.05, 0) is 36.1 Å². The maximum atomic E-state index is 15.8. The van der Waals surface area contributed by atoms with E-state index in [9.17, 15) is 0 Å². The first-order valence-electron chi connectivity index (χ1n) is 9.36. The number of benzene rings is 2. The van der Waals surface area contributed by atoms with Gasteiger partial charge in [-0.25, -0.2) is 4.39 Å². The molecule has 1 aliphatic carbocycles. The predicted octanol–water partition coefficient (Wildman–Crippen LogP) is 4.33. The van der Waals surface area contributed by atoms with Gasteiger partial charge in [-0.3, -0.25) is 4.90 Å². The molecule has 1 saturated heterocycles. The topological polar surface area (TPSA) is 18.5 Å². The van der Waals surface area contributed by atoms with Gasteiger partial charge in [0.2, 0.25) is 0 Å². The highest BCUT2D eigenvalue weighted by Gasteiger charge is 2.44. The summed E-state index contributed by atoms with van der Waals surface area (Å²) < 4.78 is 15.8. The molecule has 1 atom stereocenters. The predicted molar refractivity (Wildman–Crippen MR) is 99.6 cm³/mol. The highest BCUT2D eigenvalue weighted by atomic mass is 19.1. The molecule has 0 bridgehead atoms. The minimum absolute atomic E-state index is 0.477. The van der Waals surface area contributed by atoms with E-state index in [-0.39, 0.29) is 0 Å². The Hall–Kier alpha value is -2.07. The van der Waals surface area contributed by atoms with E-state index in [0.717, 1.165) is 30.9 Å². The number of anilines is 2. The number of piperidine rings is 1. The van der Waals surface area contributed by atoms with Gasteiger partial charge >= 0.3 is 0 Å². The molecule has 0 radical (unpaired) electrons. The average molecular weight is 337 g/mol. The highest BCUT2D eigenvalue weighted by Crippen LogP contribution is 2.44. The molecule has 0 amide bonds. The van der Waals surface area contributed by atoms with E-state index in [1.165, 1.54) is 17.5 Å². The number of rotatable bonds is 2. The van der Waals surface area contributed by atoms with E-state index in [2.05, 4.69) is 34.5 Å². The van der Waals surface area contributed by atoms with Crippen molar-refractivity contribution in [3.8, 4) is 0 Å². The van der Waals surface area contributed by atoms with Crippen LogP contribution in [0.2, 0.25) is 0 Å². The first-order chi connectivity index (χ1) is 12.2. The van der Waals surface area contributed by atoms with Gasteiger partial charge in [0.05, 0.1) is 18.0 Å². The van der Waals surface area contributed by atoms with E-state index in [1.54, 1.807) is 0 Å². The molecule has 1 unspecified atom stereocenters. The van der Waals surface area contributed by atoms with Crippen molar-refractivity contribution in [2.75, 3.05) is 30.0 Å². The molecule has 2 heterocycles. The Morgan fingerprint density at radius 3 is 2.64 bits per heavy atom. The molecule has 2 aromatic carbocycles. The molecule has 0 aromatic heterocycles. The van der Waals surface area contributed by atoms with E-state index in [0.29, 0.717) is 25.6 Å². The van der Waals surface area contributed by atoms with E-state index >= 15 is 4.39 Å². The highest BCUT2D eigenvalue weighted by molar-refractivity contribution is 5.75. The lowest BCUT2D eigenvalue weighted by atomic mass is 9.96. The zero-order valence-corrected chi connectivity index (χ0v) is 14.4. The molecule has 1 N–H and O–H groups in total. The van der Waals surface area contributed by atoms with Crippen LogP contribution in [0.1, 0.15) is 36.4 Å². The number of fused-ring (bicyclic) bond motifs is 2. The van der Waals surface area contributed by atoms with Gasteiger partial charge in [-0.15, -0.1) is 0 Å². The van der Waals surface area contributed by atoms with Gasteiger partial charge < -0.3 is 10.2 Å². The zero-order valence-electron chi connectivity index (χ0n) is 14.4. The molecule has 2 aliphatic heterocycles. The molecule has 130 valence electrons. The number of alkyl halides is 1. The monoisotopic (exact) mass is 337 g/mol. The molecule has 4 heteroatoms. The van der Waals surface area contributed by atoms with Crippen molar-refractivity contribution in [3.05, 3.63) is 59.7 Å². The summed E-state index contributed by atoms with van der Waals surface area (Å²) in [6.45, 7) is 2.23. The van der Waals surface area contributed by atoms with Crippen LogP contribution in [0.4, 0.5) is 15.8 Å². The molecule has 5 rings (SSSR count). The second-order valence-electron chi connectivity index (χ2n) is 7.49. The van der Waals surface area contributed by atoms with Gasteiger partial charge in [-0.2, -0.15) is 0 Å². The van der Waals surface area contributed by atoms with Gasteiger partial charge in [0.1, 0.15) is 0 Å². The number of hydrogen-bond acceptors (Lipinski definition) is 3. The number of para-hydroxylation sites is 2. The van der Waals surface area contributed by atoms with Gasteiger partial charge in [-0.1, -0.05) is 36.4 Å². The summed E-state index contributed by atoms with van der Waals surface area (Å²) in [5.41, 5.74) is 4.99. The van der Waals surface area contributed by atoms with Crippen molar-refractivity contribution >= 4 is 11.4 Å². The van der Waals surface area contributed by atoms with Gasteiger partial charge in [0.15, 0.2) is 5.79 Å². The molecule has 3 aliphatic rings. The average Bonchev–Trinajstić information content (AvgIpc) is 3.27. The summed E-state index contributed by atoms with van der Waals surface area (Å²) in [4.78, 5) is 4.43. The molecule has 0 spiro atoms. The molecular formula is C21H24FN3. The largest absolute Gasteiger partial charge is 0.366 e. The van der Waals surface area contributed by atoms with Crippen LogP contribution in [0.3, 0.4) is 0 Å². The summed E-state index contributed by atoms with van der Waals surface area (Å²) >= 11 is 0. The third-order valence-electron chi connectivity index (χ3n) is 6.21. The Morgan fingerprint density at radius 1 is 1.00 bits per heavy atom. The number of likely N-dealkylation sites (tertiary alicyclic amines) is 1. The standard InChI is InChI=1S/C21H24FN3/c22-21(25-15-23-18-7-3-4-8-20(18)25)11-13-24(14-12-21)19-10-9-16-5-1-2-6-17(16)19/h1-8,19,23H,9-15H2. The quantitative estimate of drug-likeness (QED) is 0.823. The van der Waals surface area contributed by atoms with Crippen molar-refractivity contribution in [2.24, 2.45) is 0 Å². The molecule has 25 heavy (non-hydrogen) atoms. The fraction of sp³-hybridized carbons (Fsp3) is 0.429. The Bertz CT molecular complexity index is 782. The minimum atomic E-state index is -1.24. The van der Waals surface area contributed by atoms with E-state index < -0.39 is 5.79 Å². The molecule has 3 nitrogen and oxygen atoms in total. The Morgan fingerprint density at radius 2 is 1.76 bits per heavy atom. The number of nitrogens with one attached hydrogen (secondary N) is 1. The number of aryl methyl sites for hydroxylation is 1. The van der Waals surface area contributed by atoms with E-state index in [1.807, 2.05) is 29.2 Å². The molecular weight excluding hydrogens is 313 g/mol. The van der Waals surface area contributed by atoms with Crippen molar-refractivity contribution in [2.45, 2.75) is 37.5 Å². The summed E-state index contributed by atoms with van der Waals surface area (Å²) in [7, 11) is 0. The SMILES string of the molecule is FC1(N2CNc3ccccc32)CCN(C2CCc3ccccc32)CC1. The summed E-state index contributed by atoms with van der Waals surface area (Å²) in [6.07, 6.45) is 3.47. The molecule has 0 saturated carbocycles. The van der Waals surface area contributed by atoms with Crippen LogP contribution in [-0.2, 0) is 6.42 Å². The van der Waals surface area contributed by atoms with Crippen LogP contribution in [0.5, 0.6) is 0 Å². The zero-order chi connectivity index (χ0) is 16.9. The van der Waals surface area contributed by atoms with Crippen molar-refractivity contribution in [1.82, 2.24) is 4.90 Å². The number of hydrogen-bond donors (Lipinski definition) is 1. The van der Waals surface area contributed by atoms with Crippen LogP contribution in [0, 0.1) is 0 Å². The van der Waals surface area contributed by atoms with Crippen LogP contribution in [-0.4, -0.2) is 30.5 Å². The fourth-order valence-electron chi connectivity index (χ4n) is 4.83. The summed E-state index contributed by atoms with van der Waals surface area (Å²) in [5, 5.41) is 3.32. The minimum Gasteiger partial charge on any atom is -0.366 e. The number of nitrogens with zero attached hydrogens (tertiary/aromatic N) is 2. The van der Waals surface area contributed by atoms with E-state index in [4.69, 9.17) is 0 Å². The maximum Gasteiger partial charge on any atom is 0.186 e. The van der Waals surface area contributed by atoms with Crippen LogP contribution in [0.15, 0.2) is 48.5 Å².